The van der Waals surface area contributed by atoms with Gasteiger partial charge in [0.2, 0.25) is 5.91 Å². The van der Waals surface area contributed by atoms with Gasteiger partial charge in [-0.2, -0.15) is 5.26 Å². The van der Waals surface area contributed by atoms with Crippen molar-refractivity contribution in [2.75, 3.05) is 0 Å². The van der Waals surface area contributed by atoms with Gasteiger partial charge in [0.1, 0.15) is 5.92 Å². The van der Waals surface area contributed by atoms with Crippen LogP contribution in [0.2, 0.25) is 0 Å². The molecule has 3 heteroatoms. The molecule has 94 valence electrons. The number of hydrogen-bond donors (Lipinski definition) is 1. The van der Waals surface area contributed by atoms with Crippen LogP contribution in [0.3, 0.4) is 0 Å². The van der Waals surface area contributed by atoms with Crippen molar-refractivity contribution in [2.45, 2.75) is 38.1 Å². The Bertz CT molecular complexity index is 449. The third-order valence-corrected chi connectivity index (χ3v) is 3.57. The molecule has 0 spiro atoms. The number of hydrogen-bond acceptors (Lipinski definition) is 2. The van der Waals surface area contributed by atoms with E-state index in [4.69, 9.17) is 5.26 Å². The fourth-order valence-electron chi connectivity index (χ4n) is 2.55. The molecule has 1 aromatic rings. The maximum absolute atomic E-state index is 12.1. The number of amides is 1. The second kappa shape index (κ2) is 5.68. The van der Waals surface area contributed by atoms with Crippen LogP contribution < -0.4 is 5.32 Å². The van der Waals surface area contributed by atoms with E-state index in [1.54, 1.807) is 0 Å². The summed E-state index contributed by atoms with van der Waals surface area (Å²) >= 11 is 0. The highest BCUT2D eigenvalue weighted by atomic mass is 16.1. The van der Waals surface area contributed by atoms with Crippen molar-refractivity contribution >= 4 is 5.91 Å². The molecular formula is C15H18N2O. The molecule has 18 heavy (non-hydrogen) atoms. The molecule has 3 nitrogen and oxygen atoms in total. The van der Waals surface area contributed by atoms with Crippen LogP contribution in [0, 0.1) is 17.2 Å². The summed E-state index contributed by atoms with van der Waals surface area (Å²) in [6.45, 7) is 2.20. The molecule has 1 N–H and O–H groups in total. The van der Waals surface area contributed by atoms with E-state index in [2.05, 4.69) is 18.3 Å². The Labute approximate surface area is 108 Å². The van der Waals surface area contributed by atoms with Gasteiger partial charge in [-0.15, -0.1) is 0 Å². The standard InChI is InChI=1S/C15H18N2O/c1-11-7-8-13(9-11)17-15(18)14(10-16)12-5-3-2-4-6-12/h2-6,11,13-14H,7-9H2,1H3,(H,17,18). The van der Waals surface area contributed by atoms with Gasteiger partial charge in [-0.05, 0) is 30.7 Å². The van der Waals surface area contributed by atoms with Gasteiger partial charge in [0.25, 0.3) is 0 Å². The minimum absolute atomic E-state index is 0.164. The van der Waals surface area contributed by atoms with Crippen LogP contribution in [0.1, 0.15) is 37.7 Å². The fraction of sp³-hybridized carbons (Fsp3) is 0.467. The highest BCUT2D eigenvalue weighted by Gasteiger charge is 2.26. The second-order valence-corrected chi connectivity index (χ2v) is 5.10. The van der Waals surface area contributed by atoms with Crippen LogP contribution in [0.5, 0.6) is 0 Å². The van der Waals surface area contributed by atoms with Crippen molar-refractivity contribution in [3.8, 4) is 6.07 Å². The first kappa shape index (κ1) is 12.6. The van der Waals surface area contributed by atoms with E-state index in [-0.39, 0.29) is 11.9 Å². The van der Waals surface area contributed by atoms with Gasteiger partial charge in [0.15, 0.2) is 0 Å². The predicted octanol–water partition coefficient (Wildman–Crippen LogP) is 2.60. The lowest BCUT2D eigenvalue weighted by molar-refractivity contribution is -0.122. The Morgan fingerprint density at radius 1 is 1.39 bits per heavy atom. The third kappa shape index (κ3) is 2.89. The molecule has 1 fully saturated rings. The third-order valence-electron chi connectivity index (χ3n) is 3.57. The highest BCUT2D eigenvalue weighted by Crippen LogP contribution is 2.25. The van der Waals surface area contributed by atoms with Gasteiger partial charge in [-0.1, -0.05) is 37.3 Å². The van der Waals surface area contributed by atoms with Gasteiger partial charge < -0.3 is 5.32 Å². The quantitative estimate of drug-likeness (QED) is 0.885. The van der Waals surface area contributed by atoms with Gasteiger partial charge in [-0.25, -0.2) is 0 Å². The number of carbonyl (C=O) groups excluding carboxylic acids is 1. The first-order valence-electron chi connectivity index (χ1n) is 6.45. The van der Waals surface area contributed by atoms with Crippen LogP contribution in [-0.4, -0.2) is 11.9 Å². The van der Waals surface area contributed by atoms with Crippen molar-refractivity contribution in [3.63, 3.8) is 0 Å². The number of benzene rings is 1. The van der Waals surface area contributed by atoms with E-state index in [9.17, 15) is 4.79 Å². The number of nitriles is 1. The zero-order chi connectivity index (χ0) is 13.0. The Hall–Kier alpha value is -1.82. The van der Waals surface area contributed by atoms with E-state index >= 15 is 0 Å². The first-order valence-corrected chi connectivity index (χ1v) is 6.45. The average Bonchev–Trinajstić information content (AvgIpc) is 2.77. The van der Waals surface area contributed by atoms with E-state index in [1.165, 1.54) is 0 Å². The maximum atomic E-state index is 12.1. The molecule has 1 saturated carbocycles. The Kier molecular flexibility index (Phi) is 3.99. The van der Waals surface area contributed by atoms with Crippen LogP contribution in [-0.2, 0) is 4.79 Å². The number of carbonyl (C=O) groups is 1. The minimum Gasteiger partial charge on any atom is -0.352 e. The predicted molar refractivity (Wildman–Crippen MR) is 69.7 cm³/mol. The Morgan fingerprint density at radius 2 is 2.11 bits per heavy atom. The average molecular weight is 242 g/mol. The second-order valence-electron chi connectivity index (χ2n) is 5.10. The summed E-state index contributed by atoms with van der Waals surface area (Å²) in [7, 11) is 0. The van der Waals surface area contributed by atoms with Crippen molar-refractivity contribution < 1.29 is 4.79 Å². The fourth-order valence-corrected chi connectivity index (χ4v) is 2.55. The van der Waals surface area contributed by atoms with Gasteiger partial charge in [0, 0.05) is 6.04 Å². The summed E-state index contributed by atoms with van der Waals surface area (Å²) in [4.78, 5) is 12.1. The van der Waals surface area contributed by atoms with E-state index in [1.807, 2.05) is 30.3 Å². The van der Waals surface area contributed by atoms with Crippen molar-refractivity contribution in [3.05, 3.63) is 35.9 Å². The molecule has 0 aliphatic heterocycles. The van der Waals surface area contributed by atoms with Gasteiger partial charge >= 0.3 is 0 Å². The zero-order valence-electron chi connectivity index (χ0n) is 10.6. The van der Waals surface area contributed by atoms with Gasteiger partial charge in [-0.3, -0.25) is 4.79 Å². The largest absolute Gasteiger partial charge is 0.352 e. The summed E-state index contributed by atoms with van der Waals surface area (Å²) < 4.78 is 0. The topological polar surface area (TPSA) is 52.9 Å². The summed E-state index contributed by atoms with van der Waals surface area (Å²) in [5, 5.41) is 12.2. The minimum atomic E-state index is -0.692. The molecule has 3 unspecified atom stereocenters. The van der Waals surface area contributed by atoms with Gasteiger partial charge in [0.05, 0.1) is 6.07 Å². The molecule has 3 atom stereocenters. The monoisotopic (exact) mass is 242 g/mol. The highest BCUT2D eigenvalue weighted by molar-refractivity contribution is 5.86. The van der Waals surface area contributed by atoms with Crippen LogP contribution in [0.15, 0.2) is 30.3 Å². The smallest absolute Gasteiger partial charge is 0.242 e. The normalized spacial score (nSPS) is 24.2. The number of rotatable bonds is 3. The van der Waals surface area contributed by atoms with Crippen molar-refractivity contribution in [1.29, 1.82) is 5.26 Å². The van der Waals surface area contributed by atoms with Crippen molar-refractivity contribution in [1.82, 2.24) is 5.32 Å². The molecule has 2 rings (SSSR count). The number of nitrogens with zero attached hydrogens (tertiary/aromatic N) is 1. The Morgan fingerprint density at radius 3 is 2.67 bits per heavy atom. The first-order chi connectivity index (χ1) is 8.70. The number of nitrogens with one attached hydrogen (secondary N) is 1. The summed E-state index contributed by atoms with van der Waals surface area (Å²) in [6.07, 6.45) is 3.21. The summed E-state index contributed by atoms with van der Waals surface area (Å²) in [5.74, 6) is -0.183. The lowest BCUT2D eigenvalue weighted by atomic mass is 9.99. The van der Waals surface area contributed by atoms with Crippen LogP contribution in [0.4, 0.5) is 0 Å². The van der Waals surface area contributed by atoms with Crippen LogP contribution >= 0.6 is 0 Å². The lowest BCUT2D eigenvalue weighted by Gasteiger charge is -2.15. The molecule has 1 aliphatic carbocycles. The molecule has 1 amide bonds. The van der Waals surface area contributed by atoms with E-state index in [0.29, 0.717) is 5.92 Å². The molecule has 0 bridgehead atoms. The van der Waals surface area contributed by atoms with Crippen molar-refractivity contribution in [2.24, 2.45) is 5.92 Å². The lowest BCUT2D eigenvalue weighted by Crippen LogP contribution is -2.36. The summed E-state index contributed by atoms with van der Waals surface area (Å²) in [5.41, 5.74) is 0.767. The molecule has 0 heterocycles. The maximum Gasteiger partial charge on any atom is 0.242 e. The van der Waals surface area contributed by atoms with E-state index < -0.39 is 5.92 Å². The zero-order valence-corrected chi connectivity index (χ0v) is 10.6. The molecule has 0 saturated heterocycles. The molecule has 1 aromatic carbocycles. The van der Waals surface area contributed by atoms with E-state index in [0.717, 1.165) is 24.8 Å². The molecule has 0 radical (unpaired) electrons. The molecule has 0 aromatic heterocycles. The van der Waals surface area contributed by atoms with Crippen LogP contribution in [0.25, 0.3) is 0 Å². The summed E-state index contributed by atoms with van der Waals surface area (Å²) in [6, 6.07) is 11.6. The molecular weight excluding hydrogens is 224 g/mol. The molecule has 1 aliphatic rings. The SMILES string of the molecule is CC1CCC(NC(=O)C(C#N)c2ccccc2)C1. The Balaban J connectivity index is 2.01.